The highest BCUT2D eigenvalue weighted by molar-refractivity contribution is 5.84. The predicted octanol–water partition coefficient (Wildman–Crippen LogP) is 3.00. The first-order valence-electron chi connectivity index (χ1n) is 12.9. The molecule has 1 aliphatic rings. The minimum absolute atomic E-state index is 0.0251. The quantitative estimate of drug-likeness (QED) is 0.376. The van der Waals surface area contributed by atoms with Crippen LogP contribution in [0.4, 0.5) is 14.7 Å². The number of nitrogens with zero attached hydrogens (tertiary/aromatic N) is 6. The van der Waals surface area contributed by atoms with Crippen LogP contribution in [0.1, 0.15) is 25.0 Å². The first-order valence-corrected chi connectivity index (χ1v) is 12.9. The fourth-order valence-electron chi connectivity index (χ4n) is 5.28. The Balaban J connectivity index is 1.47. The lowest BCUT2D eigenvalue weighted by molar-refractivity contribution is -0.131. The summed E-state index contributed by atoms with van der Waals surface area (Å²) < 4.78 is 34.0. The third kappa shape index (κ3) is 5.14. The van der Waals surface area contributed by atoms with Gasteiger partial charge in [0.05, 0.1) is 24.1 Å². The van der Waals surface area contributed by atoms with Gasteiger partial charge in [-0.1, -0.05) is 18.2 Å². The Labute approximate surface area is 229 Å². The Bertz CT molecular complexity index is 1600. The van der Waals surface area contributed by atoms with Gasteiger partial charge in [0.25, 0.3) is 5.56 Å². The number of halogens is 2. The summed E-state index contributed by atoms with van der Waals surface area (Å²) in [5.41, 5.74) is 2.62. The molecule has 210 valence electrons. The minimum Gasteiger partial charge on any atom is -0.434 e. The standard InChI is InChI=1S/C28H30F2N6O4/c1-17-14-34(9-10-35(17)18(2)38)28-31-12-21(13-32-28)19-7-8-22-24(11-19)36(33(3)26(22)39)15-23-20(16-37)5-4-6-25(23)40-27(29)30/h4-8,11-13,17,27,37H,9-10,14-16H2,1-3H3/t17-/m1/s1. The van der Waals surface area contributed by atoms with Crippen LogP contribution in [-0.4, -0.2) is 67.5 Å². The van der Waals surface area contributed by atoms with Crippen LogP contribution in [0.3, 0.4) is 0 Å². The Morgan fingerprint density at radius 1 is 1.15 bits per heavy atom. The number of carbonyl (C=O) groups excluding carboxylic acids is 1. The number of rotatable bonds is 7. The lowest BCUT2D eigenvalue weighted by atomic mass is 10.1. The van der Waals surface area contributed by atoms with Crippen LogP contribution in [0.2, 0.25) is 0 Å². The molecule has 2 aromatic heterocycles. The average molecular weight is 553 g/mol. The first-order chi connectivity index (χ1) is 19.2. The minimum atomic E-state index is -3.03. The van der Waals surface area contributed by atoms with Gasteiger partial charge in [-0.3, -0.25) is 19.0 Å². The van der Waals surface area contributed by atoms with Gasteiger partial charge in [-0.2, -0.15) is 8.78 Å². The van der Waals surface area contributed by atoms with Gasteiger partial charge >= 0.3 is 6.61 Å². The van der Waals surface area contributed by atoms with Crippen molar-refractivity contribution < 1.29 is 23.4 Å². The highest BCUT2D eigenvalue weighted by atomic mass is 19.3. The van der Waals surface area contributed by atoms with Crippen molar-refractivity contribution in [3.63, 3.8) is 0 Å². The number of piperazine rings is 1. The zero-order valence-electron chi connectivity index (χ0n) is 22.4. The molecule has 12 heteroatoms. The zero-order valence-corrected chi connectivity index (χ0v) is 22.4. The molecular weight excluding hydrogens is 522 g/mol. The van der Waals surface area contributed by atoms with Crippen molar-refractivity contribution in [1.82, 2.24) is 24.2 Å². The second-order valence-corrected chi connectivity index (χ2v) is 9.83. The van der Waals surface area contributed by atoms with E-state index < -0.39 is 6.61 Å². The van der Waals surface area contributed by atoms with Gasteiger partial charge in [-0.15, -0.1) is 0 Å². The monoisotopic (exact) mass is 552 g/mol. The second-order valence-electron chi connectivity index (χ2n) is 9.83. The van der Waals surface area contributed by atoms with Gasteiger partial charge < -0.3 is 19.6 Å². The molecule has 40 heavy (non-hydrogen) atoms. The molecule has 0 aliphatic carbocycles. The van der Waals surface area contributed by atoms with Crippen LogP contribution in [0.15, 0.2) is 53.6 Å². The van der Waals surface area contributed by atoms with Crippen LogP contribution in [-0.2, 0) is 25.0 Å². The van der Waals surface area contributed by atoms with Crippen molar-refractivity contribution in [1.29, 1.82) is 0 Å². The number of alkyl halides is 2. The van der Waals surface area contributed by atoms with E-state index in [0.29, 0.717) is 47.6 Å². The van der Waals surface area contributed by atoms with Gasteiger partial charge in [0, 0.05) is 63.2 Å². The van der Waals surface area contributed by atoms with Gasteiger partial charge in [-0.25, -0.2) is 9.97 Å². The SMILES string of the molecule is CC(=O)N1CCN(c2ncc(-c3ccc4c(=O)n(C)n(Cc5c(CO)cccc5OC(F)F)c4c3)cn2)C[C@H]1C. The maximum Gasteiger partial charge on any atom is 0.387 e. The molecular formula is C28H30F2N6O4. The average Bonchev–Trinajstić information content (AvgIpc) is 3.17. The van der Waals surface area contributed by atoms with E-state index in [9.17, 15) is 23.5 Å². The second kappa shape index (κ2) is 11.0. The predicted molar refractivity (Wildman–Crippen MR) is 145 cm³/mol. The molecule has 10 nitrogen and oxygen atoms in total. The molecule has 1 fully saturated rings. The Kier molecular flexibility index (Phi) is 7.53. The van der Waals surface area contributed by atoms with E-state index in [-0.39, 0.29) is 36.4 Å². The van der Waals surface area contributed by atoms with Crippen molar-refractivity contribution in [2.75, 3.05) is 24.5 Å². The van der Waals surface area contributed by atoms with Crippen LogP contribution < -0.4 is 15.2 Å². The van der Waals surface area contributed by atoms with Crippen molar-refractivity contribution in [3.8, 4) is 16.9 Å². The molecule has 3 heterocycles. The number of aliphatic hydroxyl groups excluding tert-OH is 1. The molecule has 1 saturated heterocycles. The van der Waals surface area contributed by atoms with Crippen molar-refractivity contribution in [2.24, 2.45) is 7.05 Å². The summed E-state index contributed by atoms with van der Waals surface area (Å²) in [4.78, 5) is 37.8. The van der Waals surface area contributed by atoms with E-state index in [1.54, 1.807) is 43.2 Å². The summed E-state index contributed by atoms with van der Waals surface area (Å²) in [6.07, 6.45) is 3.43. The smallest absolute Gasteiger partial charge is 0.387 e. The van der Waals surface area contributed by atoms with Crippen LogP contribution >= 0.6 is 0 Å². The topological polar surface area (TPSA) is 106 Å². The van der Waals surface area contributed by atoms with Crippen molar-refractivity contribution >= 4 is 22.8 Å². The maximum atomic E-state index is 13.1. The molecule has 5 rings (SSSR count). The molecule has 1 aliphatic heterocycles. The molecule has 0 unspecified atom stereocenters. The number of fused-ring (bicyclic) bond motifs is 1. The largest absolute Gasteiger partial charge is 0.434 e. The summed E-state index contributed by atoms with van der Waals surface area (Å²) >= 11 is 0. The molecule has 1 N–H and O–H groups in total. The Morgan fingerprint density at radius 3 is 2.55 bits per heavy atom. The normalized spacial score (nSPS) is 15.7. The summed E-state index contributed by atoms with van der Waals surface area (Å²) in [7, 11) is 1.60. The molecule has 1 amide bonds. The van der Waals surface area contributed by atoms with Crippen LogP contribution in [0, 0.1) is 0 Å². The lowest BCUT2D eigenvalue weighted by Crippen LogP contribution is -2.53. The molecule has 2 aromatic carbocycles. The van der Waals surface area contributed by atoms with E-state index in [1.165, 1.54) is 16.8 Å². The van der Waals surface area contributed by atoms with E-state index in [1.807, 2.05) is 28.9 Å². The number of hydrogen-bond donors (Lipinski definition) is 1. The molecule has 0 spiro atoms. The number of benzene rings is 2. The zero-order chi connectivity index (χ0) is 28.6. The number of amides is 1. The highest BCUT2D eigenvalue weighted by Gasteiger charge is 2.26. The number of aromatic nitrogens is 4. The number of ether oxygens (including phenoxy) is 1. The van der Waals surface area contributed by atoms with Crippen molar-refractivity contribution in [2.45, 2.75) is 39.7 Å². The summed E-state index contributed by atoms with van der Waals surface area (Å²) in [5.74, 6) is 0.564. The number of aliphatic hydroxyl groups is 1. The number of hydrogen-bond acceptors (Lipinski definition) is 7. The highest BCUT2D eigenvalue weighted by Crippen LogP contribution is 2.29. The Hall–Kier alpha value is -4.32. The third-order valence-electron chi connectivity index (χ3n) is 7.37. The summed E-state index contributed by atoms with van der Waals surface area (Å²) in [6, 6.07) is 9.98. The number of anilines is 1. The first kappa shape index (κ1) is 27.3. The van der Waals surface area contributed by atoms with E-state index in [0.717, 1.165) is 11.1 Å². The van der Waals surface area contributed by atoms with Gasteiger partial charge in [0.2, 0.25) is 11.9 Å². The molecule has 4 aromatic rings. The van der Waals surface area contributed by atoms with Gasteiger partial charge in [0.1, 0.15) is 5.75 Å². The van der Waals surface area contributed by atoms with Crippen molar-refractivity contribution in [3.05, 3.63) is 70.3 Å². The fourth-order valence-corrected chi connectivity index (χ4v) is 5.28. The van der Waals surface area contributed by atoms with E-state index >= 15 is 0 Å². The van der Waals surface area contributed by atoms with E-state index in [4.69, 9.17) is 4.74 Å². The maximum absolute atomic E-state index is 13.1. The third-order valence-corrected chi connectivity index (χ3v) is 7.37. The van der Waals surface area contributed by atoms with Crippen LogP contribution in [0.5, 0.6) is 5.75 Å². The molecule has 0 bridgehead atoms. The summed E-state index contributed by atoms with van der Waals surface area (Å²) in [6.45, 7) is 2.06. The Morgan fingerprint density at radius 2 is 1.90 bits per heavy atom. The van der Waals surface area contributed by atoms with Gasteiger partial charge in [0.15, 0.2) is 0 Å². The summed E-state index contributed by atoms with van der Waals surface area (Å²) in [5, 5.41) is 10.3. The van der Waals surface area contributed by atoms with E-state index in [2.05, 4.69) is 9.97 Å². The fraction of sp³-hybridized carbons (Fsp3) is 0.357. The molecule has 0 radical (unpaired) electrons. The molecule has 1 atom stereocenters. The van der Waals surface area contributed by atoms with Gasteiger partial charge in [-0.05, 0) is 36.2 Å². The molecule has 0 saturated carbocycles. The van der Waals surface area contributed by atoms with Crippen LogP contribution in [0.25, 0.3) is 22.0 Å². The lowest BCUT2D eigenvalue weighted by Gasteiger charge is -2.39. The number of carbonyl (C=O) groups is 1.